The smallest absolute Gasteiger partial charge is 0.0787 e. The van der Waals surface area contributed by atoms with Crippen LogP contribution >= 0.6 is 0 Å². The van der Waals surface area contributed by atoms with Gasteiger partial charge in [0.05, 0.1) is 6.10 Å². The van der Waals surface area contributed by atoms with Gasteiger partial charge in [0.1, 0.15) is 0 Å². The van der Waals surface area contributed by atoms with Crippen molar-refractivity contribution in [2.24, 2.45) is 29.6 Å². The molecule has 0 unspecified atom stereocenters. The van der Waals surface area contributed by atoms with Gasteiger partial charge in [0, 0.05) is 12.5 Å². The van der Waals surface area contributed by atoms with E-state index in [1.165, 1.54) is 0 Å². The third-order valence-electron chi connectivity index (χ3n) is 3.87. The second kappa shape index (κ2) is 2.46. The Morgan fingerprint density at radius 3 is 2.23 bits per heavy atom. The fraction of sp³-hybridized carbons (Fsp3) is 0.636. The largest absolute Gasteiger partial charge is 0.396 e. The van der Waals surface area contributed by atoms with Crippen molar-refractivity contribution in [3.8, 4) is 0 Å². The number of hydrogen-bond acceptors (Lipinski definition) is 2. The molecule has 0 radical (unpaired) electrons. The van der Waals surface area contributed by atoms with Crippen molar-refractivity contribution in [2.45, 2.75) is 6.10 Å². The van der Waals surface area contributed by atoms with Crippen LogP contribution in [0.5, 0.6) is 0 Å². The second-order valence-electron chi connectivity index (χ2n) is 4.42. The van der Waals surface area contributed by atoms with E-state index in [2.05, 4.69) is 18.2 Å². The molecule has 0 amide bonds. The van der Waals surface area contributed by atoms with E-state index < -0.39 is 0 Å². The molecule has 2 N–H and O–H groups in total. The molecule has 3 aliphatic rings. The van der Waals surface area contributed by atoms with Gasteiger partial charge < -0.3 is 10.2 Å². The lowest BCUT2D eigenvalue weighted by molar-refractivity contribution is 0.0885. The summed E-state index contributed by atoms with van der Waals surface area (Å²) in [5, 5.41) is 19.0. The topological polar surface area (TPSA) is 40.5 Å². The highest BCUT2D eigenvalue weighted by atomic mass is 16.3. The Labute approximate surface area is 77.6 Å². The Hall–Kier alpha value is -0.600. The molecule has 70 valence electrons. The Bertz CT molecular complexity index is 278. The summed E-state index contributed by atoms with van der Waals surface area (Å²) in [6, 6.07) is 0. The van der Waals surface area contributed by atoms with Crippen molar-refractivity contribution in [2.75, 3.05) is 6.61 Å². The molecule has 1 saturated carbocycles. The number of hydrogen-bond donors (Lipinski definition) is 2. The monoisotopic (exact) mass is 178 g/mol. The number of fused-ring (bicyclic) bond motifs is 2. The molecule has 0 aromatic carbocycles. The number of aliphatic hydroxyl groups excluding tert-OH is 2. The maximum Gasteiger partial charge on any atom is 0.0787 e. The molecular formula is C11H14O2. The third kappa shape index (κ3) is 0.903. The molecule has 3 rings (SSSR count). The van der Waals surface area contributed by atoms with Gasteiger partial charge >= 0.3 is 0 Å². The van der Waals surface area contributed by atoms with Crippen LogP contribution in [-0.4, -0.2) is 22.9 Å². The highest BCUT2D eigenvalue weighted by Gasteiger charge is 2.56. The van der Waals surface area contributed by atoms with E-state index in [1.54, 1.807) is 0 Å². The quantitative estimate of drug-likeness (QED) is 0.576. The molecule has 13 heavy (non-hydrogen) atoms. The second-order valence-corrected chi connectivity index (χ2v) is 4.42. The van der Waals surface area contributed by atoms with Crippen LogP contribution in [0.4, 0.5) is 0 Å². The zero-order chi connectivity index (χ0) is 9.00. The summed E-state index contributed by atoms with van der Waals surface area (Å²) in [6.07, 6.45) is 7.96. The minimum Gasteiger partial charge on any atom is -0.396 e. The fourth-order valence-corrected chi connectivity index (χ4v) is 3.11. The zero-order valence-corrected chi connectivity index (χ0v) is 7.38. The van der Waals surface area contributed by atoms with Crippen LogP contribution in [0, 0.1) is 29.6 Å². The van der Waals surface area contributed by atoms with Gasteiger partial charge in [-0.25, -0.2) is 0 Å². The molecule has 2 bridgehead atoms. The van der Waals surface area contributed by atoms with Gasteiger partial charge in [-0.2, -0.15) is 0 Å². The first-order valence-corrected chi connectivity index (χ1v) is 4.98. The van der Waals surface area contributed by atoms with Gasteiger partial charge in [0.25, 0.3) is 0 Å². The minimum absolute atomic E-state index is 0.148. The summed E-state index contributed by atoms with van der Waals surface area (Å²) in [7, 11) is 0. The maximum absolute atomic E-state index is 9.76. The Kier molecular flexibility index (Phi) is 1.47. The lowest BCUT2D eigenvalue weighted by Crippen LogP contribution is -2.30. The molecule has 0 aromatic rings. The van der Waals surface area contributed by atoms with Gasteiger partial charge in [-0.1, -0.05) is 24.3 Å². The maximum atomic E-state index is 9.76. The van der Waals surface area contributed by atoms with Gasteiger partial charge in [-0.3, -0.25) is 0 Å². The molecular weight excluding hydrogens is 164 g/mol. The highest BCUT2D eigenvalue weighted by molar-refractivity contribution is 5.27. The van der Waals surface area contributed by atoms with E-state index in [-0.39, 0.29) is 24.5 Å². The molecule has 6 atom stereocenters. The first-order chi connectivity index (χ1) is 6.33. The van der Waals surface area contributed by atoms with Gasteiger partial charge in [-0.15, -0.1) is 0 Å². The van der Waals surface area contributed by atoms with Crippen molar-refractivity contribution >= 4 is 0 Å². The fourth-order valence-electron chi connectivity index (χ4n) is 3.11. The summed E-state index contributed by atoms with van der Waals surface area (Å²) in [6.45, 7) is 0.214. The van der Waals surface area contributed by atoms with Crippen molar-refractivity contribution in [3.63, 3.8) is 0 Å². The molecule has 0 spiro atoms. The van der Waals surface area contributed by atoms with Crippen molar-refractivity contribution in [3.05, 3.63) is 24.3 Å². The minimum atomic E-state index is -0.387. The van der Waals surface area contributed by atoms with Gasteiger partial charge in [0.2, 0.25) is 0 Å². The molecule has 0 aliphatic heterocycles. The van der Waals surface area contributed by atoms with Crippen molar-refractivity contribution < 1.29 is 10.2 Å². The Morgan fingerprint density at radius 1 is 0.923 bits per heavy atom. The molecule has 0 aromatic heterocycles. The molecule has 2 nitrogen and oxygen atoms in total. The standard InChI is InChI=1S/C11H14O2/c12-5-9-6-1-2-7-8(11(7)9)3-4-10(6)13/h1-4,6-13H,5H2/t6-,7-,8+,9+,10-,11+/m1/s1. The van der Waals surface area contributed by atoms with E-state index in [0.717, 1.165) is 0 Å². The zero-order valence-electron chi connectivity index (χ0n) is 7.38. The van der Waals surface area contributed by atoms with Gasteiger partial charge in [0.15, 0.2) is 0 Å². The predicted octanol–water partition coefficient (Wildman–Crippen LogP) is 0.574. The van der Waals surface area contributed by atoms with Crippen LogP contribution in [0.15, 0.2) is 24.3 Å². The third-order valence-corrected chi connectivity index (χ3v) is 3.87. The lowest BCUT2D eigenvalue weighted by Gasteiger charge is -2.27. The van der Waals surface area contributed by atoms with Crippen LogP contribution in [0.1, 0.15) is 0 Å². The molecule has 1 fully saturated rings. The van der Waals surface area contributed by atoms with Crippen LogP contribution in [0.25, 0.3) is 0 Å². The normalized spacial score (nSPS) is 56.2. The summed E-state index contributed by atoms with van der Waals surface area (Å²) >= 11 is 0. The summed E-state index contributed by atoms with van der Waals surface area (Å²) in [5.41, 5.74) is 0. The molecule has 3 aliphatic carbocycles. The number of allylic oxidation sites excluding steroid dienone is 2. The lowest BCUT2D eigenvalue weighted by atomic mass is 9.81. The van der Waals surface area contributed by atoms with E-state index in [4.69, 9.17) is 0 Å². The van der Waals surface area contributed by atoms with E-state index in [1.807, 2.05) is 6.08 Å². The first kappa shape index (κ1) is 7.77. The number of rotatable bonds is 1. The molecule has 2 heteroatoms. The first-order valence-electron chi connectivity index (χ1n) is 4.98. The summed E-state index contributed by atoms with van der Waals surface area (Å²) < 4.78 is 0. The number of aliphatic hydroxyl groups is 2. The Balaban J connectivity index is 2.00. The highest BCUT2D eigenvalue weighted by Crippen LogP contribution is 2.59. The predicted molar refractivity (Wildman–Crippen MR) is 48.8 cm³/mol. The summed E-state index contributed by atoms with van der Waals surface area (Å²) in [4.78, 5) is 0. The SMILES string of the molecule is OC[C@H]1[C@H]2C=C[C@@H]3[C@H](C=C[C@H]2O)[C@H]31. The van der Waals surface area contributed by atoms with E-state index >= 15 is 0 Å². The van der Waals surface area contributed by atoms with Crippen molar-refractivity contribution in [1.29, 1.82) is 0 Å². The van der Waals surface area contributed by atoms with Crippen LogP contribution in [0.3, 0.4) is 0 Å². The average molecular weight is 178 g/mol. The Morgan fingerprint density at radius 2 is 1.54 bits per heavy atom. The van der Waals surface area contributed by atoms with Crippen LogP contribution in [0.2, 0.25) is 0 Å². The average Bonchev–Trinajstić information content (AvgIpc) is 2.84. The van der Waals surface area contributed by atoms with E-state index in [0.29, 0.717) is 17.8 Å². The van der Waals surface area contributed by atoms with Crippen LogP contribution in [-0.2, 0) is 0 Å². The molecule has 0 heterocycles. The summed E-state index contributed by atoms with van der Waals surface area (Å²) in [5.74, 6) is 2.28. The van der Waals surface area contributed by atoms with Crippen molar-refractivity contribution in [1.82, 2.24) is 0 Å². The van der Waals surface area contributed by atoms with Gasteiger partial charge in [-0.05, 0) is 23.7 Å². The molecule has 0 saturated heterocycles. The van der Waals surface area contributed by atoms with Crippen LogP contribution < -0.4 is 0 Å². The van der Waals surface area contributed by atoms with E-state index in [9.17, 15) is 10.2 Å².